The van der Waals surface area contributed by atoms with Gasteiger partial charge in [0.2, 0.25) is 10.0 Å². The SMILES string of the molecule is CN=C(NCCS(=O)(=O)NCC1CCC1)NCC(OC)C(C)(C)C.I. The number of halogens is 1. The van der Waals surface area contributed by atoms with E-state index in [9.17, 15) is 8.42 Å². The van der Waals surface area contributed by atoms with Crippen molar-refractivity contribution in [3.05, 3.63) is 0 Å². The Morgan fingerprint density at radius 3 is 2.36 bits per heavy atom. The smallest absolute Gasteiger partial charge is 0.213 e. The molecule has 0 radical (unpaired) electrons. The molecule has 1 atom stereocenters. The van der Waals surface area contributed by atoms with Crippen LogP contribution in [-0.4, -0.2) is 60.0 Å². The van der Waals surface area contributed by atoms with E-state index in [4.69, 9.17) is 4.74 Å². The van der Waals surface area contributed by atoms with Gasteiger partial charge in [0.15, 0.2) is 5.96 Å². The fourth-order valence-corrected chi connectivity index (χ4v) is 3.48. The fraction of sp³-hybridized carbons (Fsp3) is 0.938. The minimum absolute atomic E-state index is 0. The Balaban J connectivity index is 0.00000576. The Bertz CT molecular complexity index is 502. The minimum atomic E-state index is -3.24. The molecule has 0 heterocycles. The molecule has 0 saturated heterocycles. The van der Waals surface area contributed by atoms with Crippen LogP contribution < -0.4 is 15.4 Å². The van der Waals surface area contributed by atoms with Crippen molar-refractivity contribution in [2.24, 2.45) is 16.3 Å². The van der Waals surface area contributed by atoms with E-state index in [-0.39, 0.29) is 41.2 Å². The highest BCUT2D eigenvalue weighted by Crippen LogP contribution is 2.25. The van der Waals surface area contributed by atoms with Gasteiger partial charge in [0, 0.05) is 33.8 Å². The van der Waals surface area contributed by atoms with Crippen molar-refractivity contribution in [2.45, 2.75) is 46.1 Å². The number of nitrogens with one attached hydrogen (secondary N) is 3. The average Bonchev–Trinajstić information content (AvgIpc) is 2.42. The van der Waals surface area contributed by atoms with Crippen LogP contribution in [0.5, 0.6) is 0 Å². The molecule has 150 valence electrons. The molecule has 1 aliphatic rings. The van der Waals surface area contributed by atoms with Crippen LogP contribution >= 0.6 is 24.0 Å². The number of ether oxygens (including phenoxy) is 1. The monoisotopic (exact) mass is 490 g/mol. The van der Waals surface area contributed by atoms with Crippen LogP contribution in [0.4, 0.5) is 0 Å². The zero-order valence-electron chi connectivity index (χ0n) is 16.1. The number of rotatable bonds is 9. The normalized spacial score (nSPS) is 17.4. The van der Waals surface area contributed by atoms with E-state index in [1.807, 2.05) is 0 Å². The summed E-state index contributed by atoms with van der Waals surface area (Å²) < 4.78 is 32.1. The van der Waals surface area contributed by atoms with Crippen LogP contribution in [-0.2, 0) is 14.8 Å². The molecule has 1 aliphatic carbocycles. The molecular formula is C16H35IN4O3S. The van der Waals surface area contributed by atoms with E-state index < -0.39 is 10.0 Å². The molecule has 25 heavy (non-hydrogen) atoms. The average molecular weight is 490 g/mol. The van der Waals surface area contributed by atoms with E-state index >= 15 is 0 Å². The lowest BCUT2D eigenvalue weighted by atomic mass is 9.86. The first kappa shape index (κ1) is 24.9. The van der Waals surface area contributed by atoms with Gasteiger partial charge in [0.1, 0.15) is 0 Å². The van der Waals surface area contributed by atoms with Crippen molar-refractivity contribution < 1.29 is 13.2 Å². The Hall–Kier alpha value is -0.130. The van der Waals surface area contributed by atoms with Crippen LogP contribution in [0.15, 0.2) is 4.99 Å². The van der Waals surface area contributed by atoms with Crippen LogP contribution in [0.2, 0.25) is 0 Å². The second-order valence-electron chi connectivity index (χ2n) is 7.43. The predicted octanol–water partition coefficient (Wildman–Crippen LogP) is 1.55. The zero-order chi connectivity index (χ0) is 18.2. The summed E-state index contributed by atoms with van der Waals surface area (Å²) in [7, 11) is 0.117. The quantitative estimate of drug-likeness (QED) is 0.259. The van der Waals surface area contributed by atoms with Gasteiger partial charge >= 0.3 is 0 Å². The van der Waals surface area contributed by atoms with Crippen molar-refractivity contribution >= 4 is 40.0 Å². The molecule has 1 saturated carbocycles. The lowest BCUT2D eigenvalue weighted by Gasteiger charge is -2.30. The molecule has 0 bridgehead atoms. The third-order valence-electron chi connectivity index (χ3n) is 4.41. The van der Waals surface area contributed by atoms with Crippen molar-refractivity contribution in [3.63, 3.8) is 0 Å². The Morgan fingerprint density at radius 1 is 1.28 bits per heavy atom. The van der Waals surface area contributed by atoms with E-state index in [1.165, 1.54) is 6.42 Å². The molecule has 0 spiro atoms. The van der Waals surface area contributed by atoms with Crippen molar-refractivity contribution in [3.8, 4) is 0 Å². The number of methoxy groups -OCH3 is 1. The first-order valence-corrected chi connectivity index (χ1v) is 10.3. The lowest BCUT2D eigenvalue weighted by molar-refractivity contribution is 0.0205. The topological polar surface area (TPSA) is 91.8 Å². The van der Waals surface area contributed by atoms with Gasteiger partial charge in [-0.2, -0.15) is 0 Å². The Labute approximate surface area is 170 Å². The summed E-state index contributed by atoms with van der Waals surface area (Å²) in [6, 6.07) is 0. The molecule has 0 amide bonds. The molecule has 1 rings (SSSR count). The maximum Gasteiger partial charge on any atom is 0.213 e. The highest BCUT2D eigenvalue weighted by Gasteiger charge is 2.24. The number of aliphatic imine (C=N–C) groups is 1. The number of sulfonamides is 1. The molecule has 0 aliphatic heterocycles. The fourth-order valence-electron chi connectivity index (χ4n) is 2.47. The lowest BCUT2D eigenvalue weighted by Crippen LogP contribution is -2.46. The molecule has 1 fully saturated rings. The second kappa shape index (κ2) is 11.6. The van der Waals surface area contributed by atoms with Crippen molar-refractivity contribution in [1.82, 2.24) is 15.4 Å². The summed E-state index contributed by atoms with van der Waals surface area (Å²) in [4.78, 5) is 4.12. The molecule has 0 aromatic rings. The molecule has 0 aromatic heterocycles. The van der Waals surface area contributed by atoms with Gasteiger partial charge in [0.05, 0.1) is 11.9 Å². The first-order chi connectivity index (χ1) is 11.2. The van der Waals surface area contributed by atoms with Crippen molar-refractivity contribution in [2.75, 3.05) is 39.5 Å². The number of hydrogen-bond acceptors (Lipinski definition) is 4. The summed E-state index contributed by atoms with van der Waals surface area (Å²) in [6.07, 6.45) is 3.51. The van der Waals surface area contributed by atoms with Crippen molar-refractivity contribution in [1.29, 1.82) is 0 Å². The third-order valence-corrected chi connectivity index (χ3v) is 5.76. The maximum atomic E-state index is 12.0. The number of guanidine groups is 1. The van der Waals surface area contributed by atoms with Gasteiger partial charge in [-0.3, -0.25) is 4.99 Å². The van der Waals surface area contributed by atoms with Gasteiger partial charge in [-0.25, -0.2) is 13.1 Å². The maximum absolute atomic E-state index is 12.0. The number of nitrogens with zero attached hydrogens (tertiary/aromatic N) is 1. The van der Waals surface area contributed by atoms with E-state index in [2.05, 4.69) is 41.1 Å². The summed E-state index contributed by atoms with van der Waals surface area (Å²) in [5.41, 5.74) is 0.00931. The summed E-state index contributed by atoms with van der Waals surface area (Å²) in [5.74, 6) is 1.13. The Kier molecular flexibility index (Phi) is 11.5. The summed E-state index contributed by atoms with van der Waals surface area (Å²) in [5, 5.41) is 6.22. The van der Waals surface area contributed by atoms with Gasteiger partial charge in [-0.05, 0) is 24.2 Å². The molecule has 9 heteroatoms. The molecule has 3 N–H and O–H groups in total. The molecular weight excluding hydrogens is 455 g/mol. The standard InChI is InChI=1S/C16H34N4O3S.HI/c1-16(2,3)14(23-5)12-19-15(17-4)18-9-10-24(21,22)20-11-13-7-6-8-13;/h13-14,20H,6-12H2,1-5H3,(H2,17,18,19);1H. The molecule has 7 nitrogen and oxygen atoms in total. The minimum Gasteiger partial charge on any atom is -0.379 e. The van der Waals surface area contributed by atoms with Crippen LogP contribution in [0.3, 0.4) is 0 Å². The first-order valence-electron chi connectivity index (χ1n) is 8.62. The van der Waals surface area contributed by atoms with Gasteiger partial charge in [0.25, 0.3) is 0 Å². The van der Waals surface area contributed by atoms with Crippen LogP contribution in [0.25, 0.3) is 0 Å². The van der Waals surface area contributed by atoms with Crippen LogP contribution in [0.1, 0.15) is 40.0 Å². The van der Waals surface area contributed by atoms with E-state index in [0.717, 1.165) is 12.8 Å². The van der Waals surface area contributed by atoms with E-state index in [0.29, 0.717) is 31.5 Å². The van der Waals surface area contributed by atoms with Gasteiger partial charge in [-0.15, -0.1) is 24.0 Å². The Morgan fingerprint density at radius 2 is 1.92 bits per heavy atom. The second-order valence-corrected chi connectivity index (χ2v) is 9.36. The third kappa shape index (κ3) is 9.95. The zero-order valence-corrected chi connectivity index (χ0v) is 19.2. The van der Waals surface area contributed by atoms with E-state index in [1.54, 1.807) is 14.2 Å². The van der Waals surface area contributed by atoms with Crippen LogP contribution in [0, 0.1) is 11.3 Å². The molecule has 0 aromatic carbocycles. The van der Waals surface area contributed by atoms with Gasteiger partial charge < -0.3 is 15.4 Å². The highest BCUT2D eigenvalue weighted by molar-refractivity contribution is 14.0. The predicted molar refractivity (Wildman–Crippen MR) is 114 cm³/mol. The van der Waals surface area contributed by atoms with Gasteiger partial charge in [-0.1, -0.05) is 27.2 Å². The summed E-state index contributed by atoms with van der Waals surface area (Å²) in [6.45, 7) is 7.81. The highest BCUT2D eigenvalue weighted by atomic mass is 127. The molecule has 1 unspecified atom stereocenters. The number of hydrogen-bond donors (Lipinski definition) is 3. The summed E-state index contributed by atoms with van der Waals surface area (Å²) >= 11 is 0. The largest absolute Gasteiger partial charge is 0.379 e.